The van der Waals surface area contributed by atoms with Crippen LogP contribution in [0.5, 0.6) is 0 Å². The Morgan fingerprint density at radius 3 is 2.41 bits per heavy atom. The quantitative estimate of drug-likeness (QED) is 0.491. The van der Waals surface area contributed by atoms with E-state index >= 15 is 0 Å². The molecule has 4 rings (SSSR count). The van der Waals surface area contributed by atoms with Crippen LogP contribution in [0.25, 0.3) is 11.8 Å². The minimum Gasteiger partial charge on any atom is -0.318 e. The summed E-state index contributed by atoms with van der Waals surface area (Å²) in [5, 5.41) is 17.2. The van der Waals surface area contributed by atoms with E-state index in [0.717, 1.165) is 40.5 Å². The Labute approximate surface area is 201 Å². The van der Waals surface area contributed by atoms with Crippen molar-refractivity contribution in [2.75, 3.05) is 0 Å². The van der Waals surface area contributed by atoms with E-state index in [4.69, 9.17) is 28.6 Å². The Bertz CT molecular complexity index is 1200. The summed E-state index contributed by atoms with van der Waals surface area (Å²) in [6.07, 6.45) is 3.62. The maximum absolute atomic E-state index is 12.8. The molecule has 1 N–H and O–H groups in total. The standard InChI is InChI=1S/C23H23Cl2N5OS/c1-5-14(6-2)22-28-30-20(26)19(21(31)27-23(30)32-22)8-15-7-12(3)29(13(15)4)18-10-16(24)9-17(25)11-18/h7-11,14,26H,5-6H2,1-4H3/b19-8-,26-20?. The van der Waals surface area contributed by atoms with E-state index in [-0.39, 0.29) is 11.4 Å². The summed E-state index contributed by atoms with van der Waals surface area (Å²) in [6.45, 7) is 8.15. The molecule has 1 aromatic heterocycles. The number of amidine groups is 2. The van der Waals surface area contributed by atoms with Gasteiger partial charge in [-0.3, -0.25) is 10.2 Å². The topological polar surface area (TPSA) is 73.8 Å². The molecule has 0 fully saturated rings. The monoisotopic (exact) mass is 487 g/mol. The van der Waals surface area contributed by atoms with Gasteiger partial charge in [0, 0.05) is 33.0 Å². The van der Waals surface area contributed by atoms with Gasteiger partial charge >= 0.3 is 0 Å². The van der Waals surface area contributed by atoms with Gasteiger partial charge in [-0.15, -0.1) is 0 Å². The zero-order chi connectivity index (χ0) is 23.2. The van der Waals surface area contributed by atoms with E-state index in [1.165, 1.54) is 16.8 Å². The molecule has 2 aliphatic rings. The summed E-state index contributed by atoms with van der Waals surface area (Å²) in [5.41, 5.74) is 3.73. The molecule has 1 amide bonds. The van der Waals surface area contributed by atoms with Crippen molar-refractivity contribution in [3.8, 4) is 5.69 Å². The summed E-state index contributed by atoms with van der Waals surface area (Å²) >= 11 is 13.8. The third-order valence-corrected chi connectivity index (χ3v) is 7.19. The smallest absolute Gasteiger partial charge is 0.283 e. The highest BCUT2D eigenvalue weighted by atomic mass is 35.5. The van der Waals surface area contributed by atoms with Crippen LogP contribution >= 0.6 is 35.0 Å². The van der Waals surface area contributed by atoms with Crippen molar-refractivity contribution in [1.29, 1.82) is 5.41 Å². The first-order valence-corrected chi connectivity index (χ1v) is 12.0. The molecular weight excluding hydrogens is 465 g/mol. The van der Waals surface area contributed by atoms with Crippen LogP contribution in [-0.4, -0.2) is 31.5 Å². The van der Waals surface area contributed by atoms with Gasteiger partial charge < -0.3 is 4.57 Å². The summed E-state index contributed by atoms with van der Waals surface area (Å²) in [6, 6.07) is 7.33. The largest absolute Gasteiger partial charge is 0.318 e. The number of hydrogen-bond donors (Lipinski definition) is 1. The van der Waals surface area contributed by atoms with E-state index in [1.54, 1.807) is 12.1 Å². The number of rotatable bonds is 5. The molecule has 9 heteroatoms. The number of aromatic nitrogens is 1. The van der Waals surface area contributed by atoms with Crippen LogP contribution in [0.2, 0.25) is 10.0 Å². The molecule has 0 bridgehead atoms. The van der Waals surface area contributed by atoms with Gasteiger partial charge in [-0.1, -0.05) is 37.0 Å². The molecular formula is C23H23Cl2N5OS. The van der Waals surface area contributed by atoms with E-state index in [0.29, 0.717) is 21.1 Å². The fourth-order valence-electron chi connectivity index (χ4n) is 3.96. The highest BCUT2D eigenvalue weighted by Crippen LogP contribution is 2.34. The van der Waals surface area contributed by atoms with Crippen molar-refractivity contribution >= 4 is 63.0 Å². The van der Waals surface area contributed by atoms with Crippen molar-refractivity contribution in [2.24, 2.45) is 16.0 Å². The first-order valence-electron chi connectivity index (χ1n) is 10.4. The second-order valence-electron chi connectivity index (χ2n) is 7.76. The summed E-state index contributed by atoms with van der Waals surface area (Å²) in [7, 11) is 0. The van der Waals surface area contributed by atoms with Gasteiger partial charge in [0.2, 0.25) is 5.17 Å². The molecule has 0 aliphatic carbocycles. The molecule has 6 nitrogen and oxygen atoms in total. The van der Waals surface area contributed by atoms with Crippen molar-refractivity contribution in [3.63, 3.8) is 0 Å². The third-order valence-electron chi connectivity index (χ3n) is 5.68. The average molecular weight is 488 g/mol. The van der Waals surface area contributed by atoms with Crippen LogP contribution in [0.4, 0.5) is 0 Å². The maximum Gasteiger partial charge on any atom is 0.283 e. The lowest BCUT2D eigenvalue weighted by atomic mass is 10.1. The maximum atomic E-state index is 12.8. The number of carbonyl (C=O) groups is 1. The summed E-state index contributed by atoms with van der Waals surface area (Å²) in [5.74, 6) is -0.0820. The normalized spacial score (nSPS) is 17.3. The van der Waals surface area contributed by atoms with Gasteiger partial charge in [-0.25, -0.2) is 0 Å². The Hall–Kier alpha value is -2.35. The van der Waals surface area contributed by atoms with E-state index < -0.39 is 5.91 Å². The number of aryl methyl sites for hydroxylation is 1. The number of aliphatic imine (C=N–C) groups is 1. The fraction of sp³-hybridized carbons (Fsp3) is 0.304. The Balaban J connectivity index is 1.73. The average Bonchev–Trinajstić information content (AvgIpc) is 3.26. The van der Waals surface area contributed by atoms with Crippen molar-refractivity contribution in [2.45, 2.75) is 40.5 Å². The lowest BCUT2D eigenvalue weighted by Gasteiger charge is -2.20. The van der Waals surface area contributed by atoms with Crippen LogP contribution in [0.1, 0.15) is 43.6 Å². The number of nitrogens with zero attached hydrogens (tertiary/aromatic N) is 4. The number of nitrogens with one attached hydrogen (secondary N) is 1. The minimum atomic E-state index is -0.426. The van der Waals surface area contributed by atoms with Gasteiger partial charge in [-0.05, 0) is 74.4 Å². The molecule has 0 atom stereocenters. The fourth-order valence-corrected chi connectivity index (χ4v) is 5.64. The van der Waals surface area contributed by atoms with Crippen molar-refractivity contribution in [3.05, 3.63) is 56.8 Å². The molecule has 0 radical (unpaired) electrons. The number of halogens is 2. The van der Waals surface area contributed by atoms with E-state index in [9.17, 15) is 4.79 Å². The summed E-state index contributed by atoms with van der Waals surface area (Å²) < 4.78 is 2.02. The molecule has 2 aliphatic heterocycles. The second-order valence-corrected chi connectivity index (χ2v) is 9.62. The lowest BCUT2D eigenvalue weighted by Crippen LogP contribution is -2.35. The zero-order valence-corrected chi connectivity index (χ0v) is 20.6. The number of carbonyl (C=O) groups excluding carboxylic acids is 1. The number of amides is 1. The lowest BCUT2D eigenvalue weighted by molar-refractivity contribution is -0.114. The Morgan fingerprint density at radius 2 is 1.78 bits per heavy atom. The highest BCUT2D eigenvalue weighted by Gasteiger charge is 2.37. The number of hydrogen-bond acceptors (Lipinski definition) is 4. The van der Waals surface area contributed by atoms with Gasteiger partial charge in [0.15, 0.2) is 5.84 Å². The SMILES string of the molecule is CCC(CC)C1=NN2C(=N)/C(=C/c3cc(C)n(-c4cc(Cl)cc(Cl)c4)c3C)C(=O)N=C2S1. The van der Waals surface area contributed by atoms with E-state index in [1.807, 2.05) is 36.6 Å². The number of benzene rings is 1. The number of hydrazone groups is 1. The molecule has 32 heavy (non-hydrogen) atoms. The molecule has 0 spiro atoms. The van der Waals surface area contributed by atoms with Crippen molar-refractivity contribution < 1.29 is 4.79 Å². The first-order chi connectivity index (χ1) is 15.2. The second kappa shape index (κ2) is 8.89. The molecule has 0 saturated carbocycles. The predicted molar refractivity (Wildman–Crippen MR) is 134 cm³/mol. The van der Waals surface area contributed by atoms with Gasteiger partial charge in [0.25, 0.3) is 5.91 Å². The molecule has 3 heterocycles. The van der Waals surface area contributed by atoms with Crippen LogP contribution in [-0.2, 0) is 4.79 Å². The van der Waals surface area contributed by atoms with Crippen LogP contribution < -0.4 is 0 Å². The Kier molecular flexibility index (Phi) is 6.34. The van der Waals surface area contributed by atoms with Crippen LogP contribution in [0, 0.1) is 25.2 Å². The predicted octanol–water partition coefficient (Wildman–Crippen LogP) is 6.46. The minimum absolute atomic E-state index is 0.0454. The third kappa shape index (κ3) is 4.05. The molecule has 0 saturated heterocycles. The molecule has 166 valence electrons. The molecule has 2 aromatic rings. The van der Waals surface area contributed by atoms with E-state index in [2.05, 4.69) is 23.9 Å². The van der Waals surface area contributed by atoms with Crippen LogP contribution in [0.15, 0.2) is 39.9 Å². The van der Waals surface area contributed by atoms with Crippen molar-refractivity contribution in [1.82, 2.24) is 9.58 Å². The summed E-state index contributed by atoms with van der Waals surface area (Å²) in [4.78, 5) is 17.0. The Morgan fingerprint density at radius 1 is 1.12 bits per heavy atom. The number of fused-ring (bicyclic) bond motifs is 1. The van der Waals surface area contributed by atoms with Gasteiger partial charge in [-0.2, -0.15) is 15.1 Å². The number of thioether (sulfide) groups is 1. The molecule has 1 aromatic carbocycles. The van der Waals surface area contributed by atoms with Gasteiger partial charge in [0.1, 0.15) is 5.04 Å². The highest BCUT2D eigenvalue weighted by molar-refractivity contribution is 8.27. The molecule has 0 unspecified atom stereocenters. The zero-order valence-electron chi connectivity index (χ0n) is 18.2. The van der Waals surface area contributed by atoms with Gasteiger partial charge in [0.05, 0.1) is 5.57 Å². The first kappa shape index (κ1) is 22.8. The van der Waals surface area contributed by atoms with Crippen LogP contribution in [0.3, 0.4) is 0 Å².